The Kier molecular flexibility index (Phi) is 8.71. The molecule has 0 aliphatic rings. The number of nitrogens with one attached hydrogen (secondary N) is 1. The molecule has 0 saturated heterocycles. The third-order valence-corrected chi connectivity index (χ3v) is 2.91. The van der Waals surface area contributed by atoms with E-state index < -0.39 is 0 Å². The first kappa shape index (κ1) is 14.6. The summed E-state index contributed by atoms with van der Waals surface area (Å²) in [5.41, 5.74) is 6.43. The Hall–Kier alpha value is -0.350. The molecule has 3 N–H and O–H groups in total. The summed E-state index contributed by atoms with van der Waals surface area (Å²) in [6, 6.07) is 0.155. The van der Waals surface area contributed by atoms with Crippen LogP contribution in [0.5, 0.6) is 0 Å². The fourth-order valence-electron chi connectivity index (χ4n) is 1.21. The van der Waals surface area contributed by atoms with E-state index in [-0.39, 0.29) is 11.8 Å². The summed E-state index contributed by atoms with van der Waals surface area (Å²) < 4.78 is 0. The normalized spacial score (nSPS) is 12.5. The van der Waals surface area contributed by atoms with Gasteiger partial charge in [-0.2, -0.15) is 11.8 Å². The molecule has 15 heavy (non-hydrogen) atoms. The van der Waals surface area contributed by atoms with E-state index in [0.29, 0.717) is 25.0 Å². The van der Waals surface area contributed by atoms with Crippen LogP contribution in [0.3, 0.4) is 0 Å². The molecule has 0 fully saturated rings. The molecular weight excluding hydrogens is 208 g/mol. The number of nitrogens with two attached hydrogens (primary N) is 1. The van der Waals surface area contributed by atoms with Crippen LogP contribution in [-0.4, -0.2) is 29.5 Å². The van der Waals surface area contributed by atoms with Gasteiger partial charge < -0.3 is 11.1 Å². The predicted octanol–water partition coefficient (Wildman–Crippen LogP) is 2.24. The number of carbonyl (C=O) groups excluding carboxylic acids is 1. The zero-order valence-corrected chi connectivity index (χ0v) is 10.5. The summed E-state index contributed by atoms with van der Waals surface area (Å²) in [4.78, 5) is 11.4. The lowest BCUT2D eigenvalue weighted by atomic mass is 10.0. The highest BCUT2D eigenvalue weighted by Gasteiger charge is 2.07. The molecule has 0 bridgehead atoms. The van der Waals surface area contributed by atoms with Crippen LogP contribution in [0, 0.1) is 5.41 Å². The molecule has 0 aromatic carbocycles. The second-order valence-electron chi connectivity index (χ2n) is 3.90. The Morgan fingerprint density at radius 3 is 2.53 bits per heavy atom. The van der Waals surface area contributed by atoms with Gasteiger partial charge in [-0.25, -0.2) is 0 Å². The van der Waals surface area contributed by atoms with Crippen LogP contribution in [0.1, 0.15) is 39.0 Å². The fraction of sp³-hybridized carbons (Fsp3) is 0.818. The van der Waals surface area contributed by atoms with E-state index >= 15 is 0 Å². The Morgan fingerprint density at radius 2 is 2.00 bits per heavy atom. The summed E-state index contributed by atoms with van der Waals surface area (Å²) in [5.74, 6) is 1.30. The summed E-state index contributed by atoms with van der Waals surface area (Å²) >= 11 is 1.79. The summed E-state index contributed by atoms with van der Waals surface area (Å²) in [7, 11) is 0. The van der Waals surface area contributed by atoms with E-state index in [1.165, 1.54) is 0 Å². The van der Waals surface area contributed by atoms with E-state index in [1.54, 1.807) is 18.7 Å². The highest BCUT2D eigenvalue weighted by atomic mass is 32.2. The van der Waals surface area contributed by atoms with Crippen molar-refractivity contribution in [1.82, 2.24) is 0 Å². The molecule has 88 valence electrons. The molecule has 0 saturated carbocycles. The van der Waals surface area contributed by atoms with Crippen molar-refractivity contribution >= 4 is 23.3 Å². The standard InChI is InChI=1S/C11H22N2OS/c1-9(12)3-5-11(14)6-4-10(13)7-8-15-2/h10,12H,3-8,13H2,1-2H3. The molecule has 0 heterocycles. The third kappa shape index (κ3) is 9.94. The maximum absolute atomic E-state index is 11.4. The lowest BCUT2D eigenvalue weighted by molar-refractivity contribution is -0.119. The van der Waals surface area contributed by atoms with Gasteiger partial charge in [-0.1, -0.05) is 0 Å². The van der Waals surface area contributed by atoms with Crippen molar-refractivity contribution in [2.24, 2.45) is 5.73 Å². The summed E-state index contributed by atoms with van der Waals surface area (Å²) in [6.07, 6.45) is 5.51. The lowest BCUT2D eigenvalue weighted by Gasteiger charge is -2.09. The van der Waals surface area contributed by atoms with E-state index in [1.807, 2.05) is 0 Å². The molecule has 0 radical (unpaired) electrons. The smallest absolute Gasteiger partial charge is 0.133 e. The number of ketones is 1. The zero-order chi connectivity index (χ0) is 11.7. The first-order chi connectivity index (χ1) is 7.06. The van der Waals surface area contributed by atoms with Crippen molar-refractivity contribution in [2.45, 2.75) is 45.1 Å². The van der Waals surface area contributed by atoms with Crippen molar-refractivity contribution in [3.63, 3.8) is 0 Å². The Bertz CT molecular complexity index is 207. The predicted molar refractivity (Wildman–Crippen MR) is 67.9 cm³/mol. The number of thioether (sulfide) groups is 1. The van der Waals surface area contributed by atoms with Crippen LogP contribution in [0.15, 0.2) is 0 Å². The van der Waals surface area contributed by atoms with Gasteiger partial charge in [-0.05, 0) is 38.2 Å². The molecular formula is C11H22N2OS. The number of hydrogen-bond donors (Lipinski definition) is 2. The van der Waals surface area contributed by atoms with Gasteiger partial charge >= 0.3 is 0 Å². The molecule has 1 unspecified atom stereocenters. The molecule has 3 nitrogen and oxygen atoms in total. The van der Waals surface area contributed by atoms with Gasteiger partial charge in [0, 0.05) is 24.6 Å². The van der Waals surface area contributed by atoms with Crippen LogP contribution in [-0.2, 0) is 4.79 Å². The van der Waals surface area contributed by atoms with Gasteiger partial charge in [0.15, 0.2) is 0 Å². The Labute approximate surface area is 96.7 Å². The molecule has 0 spiro atoms. The van der Waals surface area contributed by atoms with E-state index in [0.717, 1.165) is 18.6 Å². The number of carbonyl (C=O) groups is 1. The van der Waals surface area contributed by atoms with Crippen molar-refractivity contribution in [1.29, 1.82) is 5.41 Å². The van der Waals surface area contributed by atoms with Gasteiger partial charge in [0.05, 0.1) is 0 Å². The van der Waals surface area contributed by atoms with Crippen LogP contribution < -0.4 is 5.73 Å². The van der Waals surface area contributed by atoms with Crippen molar-refractivity contribution in [3.05, 3.63) is 0 Å². The SMILES string of the molecule is CSCCC(N)CCC(=O)CCC(C)=N. The van der Waals surface area contributed by atoms with Gasteiger partial charge in [-0.3, -0.25) is 4.79 Å². The topological polar surface area (TPSA) is 66.9 Å². The highest BCUT2D eigenvalue weighted by Crippen LogP contribution is 2.06. The molecule has 0 aromatic rings. The van der Waals surface area contributed by atoms with Crippen molar-refractivity contribution in [2.75, 3.05) is 12.0 Å². The number of hydrogen-bond acceptors (Lipinski definition) is 4. The van der Waals surface area contributed by atoms with Gasteiger partial charge in [-0.15, -0.1) is 0 Å². The molecule has 0 rings (SSSR count). The van der Waals surface area contributed by atoms with Crippen LogP contribution in [0.2, 0.25) is 0 Å². The number of Topliss-reactive ketones (excluding diaryl/α,β-unsaturated/α-hetero) is 1. The first-order valence-electron chi connectivity index (χ1n) is 5.36. The van der Waals surface area contributed by atoms with E-state index in [2.05, 4.69) is 6.26 Å². The third-order valence-electron chi connectivity index (χ3n) is 2.27. The van der Waals surface area contributed by atoms with E-state index in [9.17, 15) is 4.79 Å². The minimum absolute atomic E-state index is 0.155. The zero-order valence-electron chi connectivity index (χ0n) is 9.71. The molecule has 0 amide bonds. The average molecular weight is 230 g/mol. The largest absolute Gasteiger partial charge is 0.328 e. The second-order valence-corrected chi connectivity index (χ2v) is 4.88. The van der Waals surface area contributed by atoms with Crippen LogP contribution in [0.25, 0.3) is 0 Å². The molecule has 4 heteroatoms. The van der Waals surface area contributed by atoms with Gasteiger partial charge in [0.1, 0.15) is 5.78 Å². The quantitative estimate of drug-likeness (QED) is 0.597. The van der Waals surface area contributed by atoms with Crippen LogP contribution >= 0.6 is 11.8 Å². The highest BCUT2D eigenvalue weighted by molar-refractivity contribution is 7.98. The van der Waals surface area contributed by atoms with Gasteiger partial charge in [0.2, 0.25) is 0 Å². The maximum Gasteiger partial charge on any atom is 0.133 e. The van der Waals surface area contributed by atoms with E-state index in [4.69, 9.17) is 11.1 Å². The summed E-state index contributed by atoms with van der Waals surface area (Å²) in [6.45, 7) is 1.73. The van der Waals surface area contributed by atoms with Crippen LogP contribution in [0.4, 0.5) is 0 Å². The molecule has 0 aromatic heterocycles. The first-order valence-corrected chi connectivity index (χ1v) is 6.76. The molecule has 0 aliphatic heterocycles. The summed E-state index contributed by atoms with van der Waals surface area (Å²) in [5, 5.41) is 7.22. The Morgan fingerprint density at radius 1 is 1.33 bits per heavy atom. The monoisotopic (exact) mass is 230 g/mol. The molecule has 0 aliphatic carbocycles. The molecule has 1 atom stereocenters. The number of rotatable bonds is 9. The van der Waals surface area contributed by atoms with Crippen molar-refractivity contribution < 1.29 is 4.79 Å². The minimum Gasteiger partial charge on any atom is -0.328 e. The lowest BCUT2D eigenvalue weighted by Crippen LogP contribution is -2.21. The fourth-order valence-corrected chi connectivity index (χ4v) is 1.75. The van der Waals surface area contributed by atoms with Gasteiger partial charge in [0.25, 0.3) is 0 Å². The second kappa shape index (κ2) is 8.92. The average Bonchev–Trinajstić information content (AvgIpc) is 2.20. The minimum atomic E-state index is 0.155. The maximum atomic E-state index is 11.4. The Balaban J connectivity index is 3.48. The van der Waals surface area contributed by atoms with Crippen molar-refractivity contribution in [3.8, 4) is 0 Å².